The number of ether oxygens (including phenoxy) is 2. The quantitative estimate of drug-likeness (QED) is 0.440. The topological polar surface area (TPSA) is 76.1 Å². The van der Waals surface area contributed by atoms with Crippen LogP contribution in [0.5, 0.6) is 11.5 Å². The molecule has 1 N–H and O–H groups in total. The van der Waals surface area contributed by atoms with E-state index in [1.165, 1.54) is 4.90 Å². The molecule has 0 aromatic heterocycles. The third-order valence-corrected chi connectivity index (χ3v) is 6.11. The Hall–Kier alpha value is -4.06. The minimum Gasteiger partial charge on any atom is -0.503 e. The molecule has 6 nitrogen and oxygen atoms in total. The van der Waals surface area contributed by atoms with Crippen molar-refractivity contribution in [2.24, 2.45) is 0 Å². The van der Waals surface area contributed by atoms with Crippen LogP contribution in [0, 0.1) is 0 Å². The van der Waals surface area contributed by atoms with Crippen LogP contribution in [0.1, 0.15) is 36.1 Å². The number of nitrogens with zero attached hydrogens (tertiary/aromatic N) is 1. The number of carbonyl (C=O) groups excluding carboxylic acids is 2. The normalized spacial score (nSPS) is 15.4. The first-order valence-electron chi connectivity index (χ1n) is 11.7. The Morgan fingerprint density at radius 2 is 1.74 bits per heavy atom. The number of aliphatic hydroxyl groups is 1. The summed E-state index contributed by atoms with van der Waals surface area (Å²) in [6.45, 7) is 2.55. The number of Topliss-reactive ketones (excluding diaryl/α,β-unsaturated/α-hetero) is 1. The lowest BCUT2D eigenvalue weighted by molar-refractivity contribution is -0.130. The molecule has 180 valence electrons. The van der Waals surface area contributed by atoms with Crippen LogP contribution >= 0.6 is 0 Å². The van der Waals surface area contributed by atoms with Gasteiger partial charge in [-0.2, -0.15) is 0 Å². The average Bonchev–Trinajstić information content (AvgIpc) is 3.13. The number of hydrogen-bond acceptors (Lipinski definition) is 5. The first-order chi connectivity index (χ1) is 17.0. The van der Waals surface area contributed by atoms with Gasteiger partial charge in [-0.25, -0.2) is 0 Å². The third kappa shape index (κ3) is 5.22. The van der Waals surface area contributed by atoms with E-state index in [0.29, 0.717) is 30.1 Å². The maximum absolute atomic E-state index is 13.4. The summed E-state index contributed by atoms with van der Waals surface area (Å²) < 4.78 is 11.1. The second-order valence-corrected chi connectivity index (χ2v) is 8.32. The summed E-state index contributed by atoms with van der Waals surface area (Å²) in [6.07, 6.45) is 0.698. The van der Waals surface area contributed by atoms with E-state index >= 15 is 0 Å². The lowest BCUT2D eigenvalue weighted by Crippen LogP contribution is -2.31. The van der Waals surface area contributed by atoms with Crippen LogP contribution in [0.2, 0.25) is 0 Å². The second kappa shape index (κ2) is 10.9. The number of rotatable bonds is 10. The number of carbonyl (C=O) groups is 2. The van der Waals surface area contributed by atoms with Crippen LogP contribution < -0.4 is 9.47 Å². The number of amides is 1. The molecule has 0 bridgehead atoms. The fourth-order valence-electron chi connectivity index (χ4n) is 4.44. The van der Waals surface area contributed by atoms with Gasteiger partial charge in [-0.15, -0.1) is 0 Å². The number of methoxy groups -OCH3 is 1. The highest BCUT2D eigenvalue weighted by molar-refractivity contribution is 6.09. The van der Waals surface area contributed by atoms with E-state index in [0.717, 1.165) is 11.1 Å². The molecule has 1 atom stereocenters. The van der Waals surface area contributed by atoms with Crippen molar-refractivity contribution in [1.29, 1.82) is 0 Å². The van der Waals surface area contributed by atoms with Gasteiger partial charge in [-0.3, -0.25) is 9.59 Å². The van der Waals surface area contributed by atoms with E-state index in [4.69, 9.17) is 9.47 Å². The number of aliphatic hydroxyl groups excluding tert-OH is 1. The van der Waals surface area contributed by atoms with Crippen LogP contribution in [-0.4, -0.2) is 35.4 Å². The molecule has 35 heavy (non-hydrogen) atoms. The predicted octanol–water partition coefficient (Wildman–Crippen LogP) is 5.19. The number of aryl methyl sites for hydroxylation is 1. The summed E-state index contributed by atoms with van der Waals surface area (Å²) in [5.74, 6) is -0.0628. The molecule has 0 saturated heterocycles. The Morgan fingerprint density at radius 1 is 1.00 bits per heavy atom. The molecule has 0 fully saturated rings. The first kappa shape index (κ1) is 24.1. The van der Waals surface area contributed by atoms with Crippen LogP contribution in [0.15, 0.2) is 90.2 Å². The van der Waals surface area contributed by atoms with Crippen LogP contribution in [-0.2, 0) is 22.6 Å². The fraction of sp³-hybridized carbons (Fsp3) is 0.241. The van der Waals surface area contributed by atoms with E-state index in [1.807, 2.05) is 85.8 Å². The summed E-state index contributed by atoms with van der Waals surface area (Å²) in [7, 11) is 1.57. The summed E-state index contributed by atoms with van der Waals surface area (Å²) in [4.78, 5) is 28.2. The number of benzene rings is 3. The van der Waals surface area contributed by atoms with E-state index < -0.39 is 17.7 Å². The number of ketones is 1. The molecule has 3 aromatic carbocycles. The van der Waals surface area contributed by atoms with E-state index in [2.05, 4.69) is 0 Å². The summed E-state index contributed by atoms with van der Waals surface area (Å²) >= 11 is 0. The van der Waals surface area contributed by atoms with Crippen molar-refractivity contribution in [3.63, 3.8) is 0 Å². The smallest absolute Gasteiger partial charge is 0.290 e. The number of para-hydroxylation sites is 1. The SMILES string of the molecule is CCOc1cccc(C2C(C(=O)CCc3ccccc3)=C(O)C(=O)N2Cc2ccccc2OC)c1. The molecular weight excluding hydrogens is 442 g/mol. The Labute approximate surface area is 205 Å². The van der Waals surface area contributed by atoms with Gasteiger partial charge in [0.15, 0.2) is 11.5 Å². The Kier molecular flexibility index (Phi) is 7.51. The molecule has 6 heteroatoms. The van der Waals surface area contributed by atoms with Gasteiger partial charge >= 0.3 is 0 Å². The average molecular weight is 472 g/mol. The largest absolute Gasteiger partial charge is 0.503 e. The van der Waals surface area contributed by atoms with Crippen molar-refractivity contribution >= 4 is 11.7 Å². The maximum atomic E-state index is 13.4. The summed E-state index contributed by atoms with van der Waals surface area (Å²) in [6, 6.07) is 23.7. The molecule has 1 amide bonds. The molecular formula is C29H29NO5. The van der Waals surface area contributed by atoms with E-state index in [9.17, 15) is 14.7 Å². The monoisotopic (exact) mass is 471 g/mol. The molecule has 4 rings (SSSR count). The molecule has 0 spiro atoms. The Bertz CT molecular complexity index is 1230. The summed E-state index contributed by atoms with van der Waals surface area (Å²) in [5, 5.41) is 10.9. The second-order valence-electron chi connectivity index (χ2n) is 8.32. The highest BCUT2D eigenvalue weighted by atomic mass is 16.5. The molecule has 1 unspecified atom stereocenters. The molecule has 1 heterocycles. The lowest BCUT2D eigenvalue weighted by atomic mass is 9.93. The fourth-order valence-corrected chi connectivity index (χ4v) is 4.44. The zero-order valence-corrected chi connectivity index (χ0v) is 19.9. The van der Waals surface area contributed by atoms with Crippen molar-refractivity contribution in [3.8, 4) is 11.5 Å². The van der Waals surface area contributed by atoms with Crippen molar-refractivity contribution in [2.45, 2.75) is 32.4 Å². The van der Waals surface area contributed by atoms with Gasteiger partial charge in [0, 0.05) is 12.0 Å². The first-order valence-corrected chi connectivity index (χ1v) is 11.7. The van der Waals surface area contributed by atoms with Crippen molar-refractivity contribution in [3.05, 3.63) is 107 Å². The lowest BCUT2D eigenvalue weighted by Gasteiger charge is -2.28. The summed E-state index contributed by atoms with van der Waals surface area (Å²) in [5.41, 5.74) is 2.62. The Balaban J connectivity index is 1.71. The van der Waals surface area contributed by atoms with Gasteiger partial charge in [0.1, 0.15) is 11.5 Å². The van der Waals surface area contributed by atoms with Gasteiger partial charge in [0.2, 0.25) is 0 Å². The van der Waals surface area contributed by atoms with Gasteiger partial charge in [-0.05, 0) is 42.7 Å². The molecule has 3 aromatic rings. The van der Waals surface area contributed by atoms with Crippen LogP contribution in [0.25, 0.3) is 0 Å². The van der Waals surface area contributed by atoms with E-state index in [1.54, 1.807) is 7.11 Å². The molecule has 1 aliphatic rings. The molecule has 1 aliphatic heterocycles. The van der Waals surface area contributed by atoms with Gasteiger partial charge < -0.3 is 19.5 Å². The van der Waals surface area contributed by atoms with Gasteiger partial charge in [0.25, 0.3) is 5.91 Å². The maximum Gasteiger partial charge on any atom is 0.290 e. The van der Waals surface area contributed by atoms with Crippen molar-refractivity contribution in [2.75, 3.05) is 13.7 Å². The Morgan fingerprint density at radius 3 is 2.49 bits per heavy atom. The van der Waals surface area contributed by atoms with Crippen LogP contribution in [0.4, 0.5) is 0 Å². The molecule has 0 aliphatic carbocycles. The zero-order chi connectivity index (χ0) is 24.8. The minimum absolute atomic E-state index is 0.120. The highest BCUT2D eigenvalue weighted by Gasteiger charge is 2.43. The third-order valence-electron chi connectivity index (χ3n) is 6.11. The van der Waals surface area contributed by atoms with Gasteiger partial charge in [-0.1, -0.05) is 60.7 Å². The molecule has 0 radical (unpaired) electrons. The standard InChI is InChI=1S/C29H29NO5/c1-3-35-23-14-9-13-21(18-23)27-26(24(31)17-16-20-10-5-4-6-11-20)28(32)29(33)30(27)19-22-12-7-8-15-25(22)34-2/h4-15,18,27,32H,3,16-17,19H2,1-2H3. The molecule has 0 saturated carbocycles. The van der Waals surface area contributed by atoms with E-state index in [-0.39, 0.29) is 24.3 Å². The predicted molar refractivity (Wildman–Crippen MR) is 133 cm³/mol. The van der Waals surface area contributed by atoms with Crippen molar-refractivity contribution < 1.29 is 24.2 Å². The van der Waals surface area contributed by atoms with Gasteiger partial charge in [0.05, 0.1) is 31.9 Å². The van der Waals surface area contributed by atoms with Crippen molar-refractivity contribution in [1.82, 2.24) is 4.90 Å². The number of hydrogen-bond donors (Lipinski definition) is 1. The van der Waals surface area contributed by atoms with Crippen LogP contribution in [0.3, 0.4) is 0 Å². The highest BCUT2D eigenvalue weighted by Crippen LogP contribution is 2.41. The zero-order valence-electron chi connectivity index (χ0n) is 19.9. The minimum atomic E-state index is -0.740.